The van der Waals surface area contributed by atoms with Crippen LogP contribution in [0.15, 0.2) is 78.9 Å². The summed E-state index contributed by atoms with van der Waals surface area (Å²) in [7, 11) is 0. The van der Waals surface area contributed by atoms with Crippen LogP contribution in [0.3, 0.4) is 0 Å². The highest BCUT2D eigenvalue weighted by atomic mass is 35.5. The molecule has 0 bridgehead atoms. The number of rotatable bonds is 12. The van der Waals surface area contributed by atoms with E-state index in [1.54, 1.807) is 25.6 Å². The highest BCUT2D eigenvalue weighted by molar-refractivity contribution is 7.99. The molecule has 1 aliphatic carbocycles. The highest BCUT2D eigenvalue weighted by Gasteiger charge is 2.56. The molecule has 218 valence electrons. The zero-order valence-corrected chi connectivity index (χ0v) is 25.3. The van der Waals surface area contributed by atoms with E-state index in [2.05, 4.69) is 12.1 Å². The third kappa shape index (κ3) is 7.41. The molecule has 0 unspecified atom stereocenters. The van der Waals surface area contributed by atoms with Gasteiger partial charge in [-0.05, 0) is 79.6 Å². The van der Waals surface area contributed by atoms with E-state index in [9.17, 15) is 19.4 Å². The smallest absolute Gasteiger partial charge is 0.304 e. The monoisotopic (exact) mass is 603 g/mol. The molecule has 1 fully saturated rings. The predicted molar refractivity (Wildman–Crippen MR) is 172 cm³/mol. The summed E-state index contributed by atoms with van der Waals surface area (Å²) in [5, 5.41) is 21.8. The number of aliphatic carboxylic acids is 1. The summed E-state index contributed by atoms with van der Waals surface area (Å²) in [4.78, 5) is 16.2. The van der Waals surface area contributed by atoms with Crippen molar-refractivity contribution in [2.24, 2.45) is 5.41 Å². The van der Waals surface area contributed by atoms with Gasteiger partial charge in [0.15, 0.2) is 0 Å². The largest absolute Gasteiger partial charge is 0.481 e. The lowest BCUT2D eigenvalue weighted by atomic mass is 9.90. The van der Waals surface area contributed by atoms with Crippen molar-refractivity contribution >= 4 is 52.4 Å². The maximum Gasteiger partial charge on any atom is 0.304 e. The minimum Gasteiger partial charge on any atom is -0.481 e. The lowest BCUT2D eigenvalue weighted by Crippen LogP contribution is -2.18. The van der Waals surface area contributed by atoms with Crippen LogP contribution in [-0.4, -0.2) is 33.1 Å². The molecule has 1 aromatic heterocycles. The number of nitrogens with zero attached hydrogens (tertiary/aromatic N) is 1. The summed E-state index contributed by atoms with van der Waals surface area (Å²) in [5.74, 6) is -0.509. The van der Waals surface area contributed by atoms with E-state index in [-0.39, 0.29) is 11.7 Å². The fourth-order valence-electron chi connectivity index (χ4n) is 5.46. The number of thioether (sulfide) groups is 1. The Morgan fingerprint density at radius 1 is 1.12 bits per heavy atom. The molecule has 4 nitrogen and oxygen atoms in total. The SMILES string of the molecule is CC(C)(O)c1ccccc1CC[C@@H](SC[C@@]1(CC(=O)O)C[C@H]1F)c1cccc(/C=C/c2ccc3ccc(Cl)cc3n2)c1. The number of aromatic nitrogens is 1. The summed E-state index contributed by atoms with van der Waals surface area (Å²) in [6.07, 6.45) is 4.56. The Hall–Kier alpha value is -3.19. The van der Waals surface area contributed by atoms with E-state index in [0.29, 0.717) is 17.2 Å². The van der Waals surface area contributed by atoms with Gasteiger partial charge in [0.2, 0.25) is 0 Å². The van der Waals surface area contributed by atoms with Crippen molar-refractivity contribution in [2.75, 3.05) is 5.75 Å². The number of aryl methyl sites for hydroxylation is 1. The molecule has 4 aromatic rings. The number of carboxylic acids is 1. The van der Waals surface area contributed by atoms with Gasteiger partial charge in [0, 0.05) is 26.8 Å². The lowest BCUT2D eigenvalue weighted by Gasteiger charge is -2.24. The molecule has 3 atom stereocenters. The lowest BCUT2D eigenvalue weighted by molar-refractivity contribution is -0.138. The van der Waals surface area contributed by atoms with Crippen molar-refractivity contribution in [3.63, 3.8) is 0 Å². The number of carbonyl (C=O) groups is 1. The van der Waals surface area contributed by atoms with Gasteiger partial charge in [0.1, 0.15) is 6.17 Å². The number of carboxylic acid groups (broad SMARTS) is 1. The average Bonchev–Trinajstić information content (AvgIpc) is 3.58. The quantitative estimate of drug-likeness (QED) is 0.169. The van der Waals surface area contributed by atoms with E-state index in [4.69, 9.17) is 16.6 Å². The third-order valence-electron chi connectivity index (χ3n) is 7.92. The Morgan fingerprint density at radius 3 is 2.62 bits per heavy atom. The number of halogens is 2. The standard InChI is InChI=1S/C35H35ClFNO3S/c1-34(2,41)29-9-4-3-7-24(29)13-17-31(42-22-35(20-32(35)37)21-33(39)40)26-8-5-6-23(18-26)10-15-28-16-12-25-11-14-27(36)19-30(25)38-28/h3-12,14-16,18-19,31-32,41H,13,17,20-22H2,1-2H3,(H,39,40)/b15-10+/t31-,32-,35+/m1/s1. The Labute approximate surface area is 255 Å². The van der Waals surface area contributed by atoms with Crippen molar-refractivity contribution in [1.82, 2.24) is 4.98 Å². The van der Waals surface area contributed by atoms with Crippen LogP contribution in [0.5, 0.6) is 0 Å². The highest BCUT2D eigenvalue weighted by Crippen LogP contribution is 2.55. The van der Waals surface area contributed by atoms with Crippen LogP contribution in [0.1, 0.15) is 66.3 Å². The van der Waals surface area contributed by atoms with Gasteiger partial charge in [-0.2, -0.15) is 11.8 Å². The van der Waals surface area contributed by atoms with Crippen LogP contribution in [0, 0.1) is 5.41 Å². The number of hydrogen-bond acceptors (Lipinski definition) is 4. The first-order chi connectivity index (χ1) is 20.0. The Kier molecular flexibility index (Phi) is 9.07. The van der Waals surface area contributed by atoms with E-state index in [1.807, 2.05) is 78.9 Å². The molecule has 1 heterocycles. The van der Waals surface area contributed by atoms with Crippen LogP contribution >= 0.6 is 23.4 Å². The molecule has 0 spiro atoms. The Balaban J connectivity index is 1.38. The molecule has 3 aromatic carbocycles. The van der Waals surface area contributed by atoms with Gasteiger partial charge in [-0.1, -0.05) is 78.3 Å². The summed E-state index contributed by atoms with van der Waals surface area (Å²) in [5.41, 5.74) is 3.98. The minimum atomic E-state index is -1.07. The first-order valence-electron chi connectivity index (χ1n) is 14.1. The maximum atomic E-state index is 14.4. The molecular formula is C35H35ClFNO3S. The second-order valence-electron chi connectivity index (χ2n) is 11.7. The Bertz CT molecular complexity index is 1620. The first-order valence-corrected chi connectivity index (χ1v) is 15.6. The Morgan fingerprint density at radius 2 is 1.88 bits per heavy atom. The average molecular weight is 604 g/mol. The zero-order chi connectivity index (χ0) is 29.9. The van der Waals surface area contributed by atoms with E-state index >= 15 is 0 Å². The molecule has 1 saturated carbocycles. The van der Waals surface area contributed by atoms with Crippen LogP contribution in [0.2, 0.25) is 5.02 Å². The summed E-state index contributed by atoms with van der Waals surface area (Å²) >= 11 is 7.79. The van der Waals surface area contributed by atoms with Crippen molar-refractivity contribution in [2.45, 2.75) is 56.6 Å². The predicted octanol–water partition coefficient (Wildman–Crippen LogP) is 8.90. The molecule has 42 heavy (non-hydrogen) atoms. The molecule has 0 amide bonds. The fourth-order valence-corrected chi connectivity index (χ4v) is 7.18. The second kappa shape index (κ2) is 12.6. The van der Waals surface area contributed by atoms with Gasteiger partial charge in [-0.3, -0.25) is 4.79 Å². The first kappa shape index (κ1) is 30.3. The van der Waals surface area contributed by atoms with Gasteiger partial charge in [0.05, 0.1) is 23.2 Å². The van der Waals surface area contributed by atoms with E-state index in [0.717, 1.165) is 51.7 Å². The molecule has 2 N–H and O–H groups in total. The molecule has 5 rings (SSSR count). The number of pyridine rings is 1. The normalized spacial score (nSPS) is 19.3. The molecule has 0 saturated heterocycles. The third-order valence-corrected chi connectivity index (χ3v) is 9.81. The van der Waals surface area contributed by atoms with Crippen molar-refractivity contribution in [1.29, 1.82) is 0 Å². The van der Waals surface area contributed by atoms with Crippen molar-refractivity contribution < 1.29 is 19.4 Å². The number of hydrogen-bond donors (Lipinski definition) is 2. The van der Waals surface area contributed by atoms with Gasteiger partial charge in [-0.25, -0.2) is 9.37 Å². The molecular weight excluding hydrogens is 569 g/mol. The topological polar surface area (TPSA) is 70.4 Å². The molecule has 7 heteroatoms. The van der Waals surface area contributed by atoms with Crippen molar-refractivity contribution in [3.05, 3.63) is 112 Å². The zero-order valence-electron chi connectivity index (χ0n) is 23.8. The van der Waals surface area contributed by atoms with Gasteiger partial charge >= 0.3 is 5.97 Å². The van der Waals surface area contributed by atoms with E-state index < -0.39 is 23.2 Å². The van der Waals surface area contributed by atoms with Gasteiger partial charge in [0.25, 0.3) is 0 Å². The number of fused-ring (bicyclic) bond motifs is 1. The summed E-state index contributed by atoms with van der Waals surface area (Å²) in [6.45, 7) is 3.58. The second-order valence-corrected chi connectivity index (χ2v) is 13.4. The van der Waals surface area contributed by atoms with Crippen LogP contribution < -0.4 is 0 Å². The number of alkyl halides is 1. The van der Waals surface area contributed by atoms with Crippen LogP contribution in [0.25, 0.3) is 23.1 Å². The van der Waals surface area contributed by atoms with Gasteiger partial charge in [-0.15, -0.1) is 0 Å². The summed E-state index contributed by atoms with van der Waals surface area (Å²) < 4.78 is 14.4. The molecule has 0 aliphatic heterocycles. The molecule has 1 aliphatic rings. The van der Waals surface area contributed by atoms with Gasteiger partial charge < -0.3 is 10.2 Å². The fraction of sp³-hybridized carbons (Fsp3) is 0.314. The van der Waals surface area contributed by atoms with E-state index in [1.165, 1.54) is 0 Å². The molecule has 0 radical (unpaired) electrons. The van der Waals surface area contributed by atoms with Crippen molar-refractivity contribution in [3.8, 4) is 0 Å². The maximum absolute atomic E-state index is 14.4. The van der Waals surface area contributed by atoms with Crippen LogP contribution in [0.4, 0.5) is 4.39 Å². The number of aliphatic hydroxyl groups is 1. The number of benzene rings is 3. The van der Waals surface area contributed by atoms with Crippen LogP contribution in [-0.2, 0) is 16.8 Å². The minimum absolute atomic E-state index is 0.0209. The summed E-state index contributed by atoms with van der Waals surface area (Å²) in [6, 6.07) is 25.8.